The van der Waals surface area contributed by atoms with Crippen LogP contribution in [-0.4, -0.2) is 47.0 Å². The van der Waals surface area contributed by atoms with Crippen LogP contribution in [0.4, 0.5) is 0 Å². The van der Waals surface area contributed by atoms with Gasteiger partial charge >= 0.3 is 0 Å². The molecule has 2 aliphatic heterocycles. The minimum absolute atomic E-state index is 0.0290. The van der Waals surface area contributed by atoms with E-state index >= 15 is 0 Å². The third kappa shape index (κ3) is 3.23. The topological polar surface area (TPSA) is 58.6 Å². The van der Waals surface area contributed by atoms with Crippen LogP contribution in [0.5, 0.6) is 0 Å². The average molecular weight is 296 g/mol. The second-order valence-electron chi connectivity index (χ2n) is 6.81. The molecule has 0 aromatic heterocycles. The molecule has 0 radical (unpaired) electrons. The fraction of sp³-hybridized carbons (Fsp3) is 0.875. The van der Waals surface area contributed by atoms with Gasteiger partial charge in [-0.15, -0.1) is 0 Å². The molecule has 21 heavy (non-hydrogen) atoms. The van der Waals surface area contributed by atoms with E-state index in [0.717, 1.165) is 25.7 Å². The summed E-state index contributed by atoms with van der Waals surface area (Å²) in [6.45, 7) is 9.08. The lowest BCUT2D eigenvalue weighted by Gasteiger charge is -2.45. The molecular weight excluding hydrogens is 268 g/mol. The Balaban J connectivity index is 2.19. The molecule has 1 N–H and O–H groups in total. The highest BCUT2D eigenvalue weighted by molar-refractivity contribution is 5.93. The van der Waals surface area contributed by atoms with Gasteiger partial charge in [0.1, 0.15) is 5.54 Å². The number of hydrogen-bond acceptors (Lipinski definition) is 3. The number of nitrogens with one attached hydrogen (secondary N) is 1. The minimum Gasteiger partial charge on any atom is -0.375 e. The lowest BCUT2D eigenvalue weighted by atomic mass is 9.84. The molecule has 120 valence electrons. The number of carbonyl (C=O) groups excluding carboxylic acids is 2. The van der Waals surface area contributed by atoms with E-state index in [4.69, 9.17) is 4.74 Å². The fourth-order valence-electron chi connectivity index (χ4n) is 3.51. The van der Waals surface area contributed by atoms with E-state index in [1.807, 2.05) is 4.90 Å². The van der Waals surface area contributed by atoms with Gasteiger partial charge in [-0.1, -0.05) is 13.8 Å². The van der Waals surface area contributed by atoms with Gasteiger partial charge < -0.3 is 15.0 Å². The molecule has 2 amide bonds. The van der Waals surface area contributed by atoms with Crippen molar-refractivity contribution in [2.24, 2.45) is 0 Å². The first-order chi connectivity index (χ1) is 9.83. The van der Waals surface area contributed by atoms with Crippen LogP contribution in [-0.2, 0) is 14.3 Å². The van der Waals surface area contributed by atoms with Crippen molar-refractivity contribution >= 4 is 11.8 Å². The summed E-state index contributed by atoms with van der Waals surface area (Å²) in [7, 11) is 0. The van der Waals surface area contributed by atoms with E-state index in [0.29, 0.717) is 19.6 Å². The van der Waals surface area contributed by atoms with Gasteiger partial charge in [-0.3, -0.25) is 9.59 Å². The van der Waals surface area contributed by atoms with Gasteiger partial charge in [-0.2, -0.15) is 0 Å². The summed E-state index contributed by atoms with van der Waals surface area (Å²) >= 11 is 0. The Morgan fingerprint density at radius 1 is 1.29 bits per heavy atom. The Kier molecular flexibility index (Phi) is 4.61. The summed E-state index contributed by atoms with van der Waals surface area (Å²) < 4.78 is 6.00. The molecule has 0 saturated carbocycles. The third-order valence-corrected chi connectivity index (χ3v) is 5.02. The zero-order chi connectivity index (χ0) is 15.7. The summed E-state index contributed by atoms with van der Waals surface area (Å²) in [5.41, 5.74) is -0.927. The number of ether oxygens (including phenoxy) is 1. The quantitative estimate of drug-likeness (QED) is 0.864. The molecule has 0 spiro atoms. The van der Waals surface area contributed by atoms with Crippen LogP contribution >= 0.6 is 0 Å². The number of amides is 2. The minimum atomic E-state index is -0.813. The van der Waals surface area contributed by atoms with E-state index in [-0.39, 0.29) is 23.5 Å². The third-order valence-electron chi connectivity index (χ3n) is 5.02. The van der Waals surface area contributed by atoms with Crippen LogP contribution in [0.3, 0.4) is 0 Å². The van der Waals surface area contributed by atoms with Crippen LogP contribution in [0.15, 0.2) is 0 Å². The highest BCUT2D eigenvalue weighted by atomic mass is 16.5. The highest BCUT2D eigenvalue weighted by Crippen LogP contribution is 2.34. The Hall–Kier alpha value is -1.10. The molecule has 2 saturated heterocycles. The van der Waals surface area contributed by atoms with Gasteiger partial charge in [0.15, 0.2) is 0 Å². The molecule has 2 heterocycles. The van der Waals surface area contributed by atoms with Crippen LogP contribution in [0.25, 0.3) is 0 Å². The van der Waals surface area contributed by atoms with E-state index in [1.54, 1.807) is 13.8 Å². The average Bonchev–Trinajstić information content (AvgIpc) is 2.56. The van der Waals surface area contributed by atoms with Gasteiger partial charge in [-0.05, 0) is 39.5 Å². The second kappa shape index (κ2) is 5.95. The van der Waals surface area contributed by atoms with Crippen molar-refractivity contribution in [3.8, 4) is 0 Å². The van der Waals surface area contributed by atoms with Gasteiger partial charge in [0.05, 0.1) is 5.60 Å². The van der Waals surface area contributed by atoms with E-state index in [1.165, 1.54) is 0 Å². The Labute approximate surface area is 127 Å². The molecule has 1 atom stereocenters. The van der Waals surface area contributed by atoms with Crippen LogP contribution in [0.1, 0.15) is 59.8 Å². The molecule has 1 unspecified atom stereocenters. The van der Waals surface area contributed by atoms with Gasteiger partial charge in [-0.25, -0.2) is 0 Å². The summed E-state index contributed by atoms with van der Waals surface area (Å²) in [6, 6.07) is 0.179. The molecule has 0 aliphatic carbocycles. The summed E-state index contributed by atoms with van der Waals surface area (Å²) in [5, 5.41) is 2.82. The molecule has 2 fully saturated rings. The molecule has 0 aromatic carbocycles. The van der Waals surface area contributed by atoms with E-state index in [9.17, 15) is 9.59 Å². The molecule has 2 rings (SSSR count). The van der Waals surface area contributed by atoms with Crippen LogP contribution < -0.4 is 5.32 Å². The smallest absolute Gasteiger partial charge is 0.248 e. The summed E-state index contributed by atoms with van der Waals surface area (Å²) in [5.74, 6) is -0.0125. The summed E-state index contributed by atoms with van der Waals surface area (Å²) in [6.07, 6.45) is 4.04. The molecule has 5 heteroatoms. The maximum atomic E-state index is 12.8. The van der Waals surface area contributed by atoms with Crippen molar-refractivity contribution in [2.45, 2.75) is 77.0 Å². The van der Waals surface area contributed by atoms with E-state index < -0.39 is 5.54 Å². The predicted molar refractivity (Wildman–Crippen MR) is 80.8 cm³/mol. The zero-order valence-electron chi connectivity index (χ0n) is 13.7. The lowest BCUT2D eigenvalue weighted by Crippen LogP contribution is -2.57. The zero-order valence-corrected chi connectivity index (χ0v) is 13.7. The Morgan fingerprint density at radius 3 is 2.57 bits per heavy atom. The molecule has 5 nitrogen and oxygen atoms in total. The largest absolute Gasteiger partial charge is 0.375 e. The Morgan fingerprint density at radius 2 is 1.95 bits per heavy atom. The first kappa shape index (κ1) is 16.3. The van der Waals surface area contributed by atoms with Gasteiger partial charge in [0.25, 0.3) is 0 Å². The molecule has 0 aromatic rings. The second-order valence-corrected chi connectivity index (χ2v) is 6.81. The molecular formula is C16H28N2O3. The maximum absolute atomic E-state index is 12.8. The SMILES string of the molecule is CCC1(CC)CC(N2CCC(=O)NC(C)(C)C2=O)CCO1. The van der Waals surface area contributed by atoms with Crippen molar-refractivity contribution in [3.63, 3.8) is 0 Å². The normalized spacial score (nSPS) is 29.0. The number of carbonyl (C=O) groups is 2. The predicted octanol–water partition coefficient (Wildman–Crippen LogP) is 1.85. The van der Waals surface area contributed by atoms with Crippen LogP contribution in [0.2, 0.25) is 0 Å². The fourth-order valence-corrected chi connectivity index (χ4v) is 3.51. The summed E-state index contributed by atoms with van der Waals surface area (Å²) in [4.78, 5) is 26.5. The Bertz CT molecular complexity index is 416. The van der Waals surface area contributed by atoms with Crippen molar-refractivity contribution in [1.82, 2.24) is 10.2 Å². The lowest BCUT2D eigenvalue weighted by molar-refractivity contribution is -0.148. The van der Waals surface area contributed by atoms with Crippen molar-refractivity contribution in [3.05, 3.63) is 0 Å². The van der Waals surface area contributed by atoms with Gasteiger partial charge in [0.2, 0.25) is 11.8 Å². The number of hydrogen-bond donors (Lipinski definition) is 1. The highest BCUT2D eigenvalue weighted by Gasteiger charge is 2.43. The van der Waals surface area contributed by atoms with Crippen LogP contribution in [0, 0.1) is 0 Å². The number of nitrogens with zero attached hydrogens (tertiary/aromatic N) is 1. The van der Waals surface area contributed by atoms with Crippen molar-refractivity contribution in [1.29, 1.82) is 0 Å². The molecule has 0 bridgehead atoms. The molecule has 2 aliphatic rings. The maximum Gasteiger partial charge on any atom is 0.248 e. The standard InChI is InChI=1S/C16H28N2O3/c1-5-16(6-2)11-12(8-10-21-16)18-9-7-13(19)17-15(3,4)14(18)20/h12H,5-11H2,1-4H3,(H,17,19). The van der Waals surface area contributed by atoms with Gasteiger partial charge in [0, 0.05) is 25.6 Å². The van der Waals surface area contributed by atoms with Crippen molar-refractivity contribution in [2.75, 3.05) is 13.2 Å². The first-order valence-electron chi connectivity index (χ1n) is 8.09. The first-order valence-corrected chi connectivity index (χ1v) is 8.09. The van der Waals surface area contributed by atoms with E-state index in [2.05, 4.69) is 19.2 Å². The van der Waals surface area contributed by atoms with Crippen molar-refractivity contribution < 1.29 is 14.3 Å². The number of rotatable bonds is 3. The monoisotopic (exact) mass is 296 g/mol.